The number of halogens is 1. The molecule has 0 atom stereocenters. The summed E-state index contributed by atoms with van der Waals surface area (Å²) in [7, 11) is -4.67. The summed E-state index contributed by atoms with van der Waals surface area (Å²) < 4.78 is 36.5. The number of hydrogen-bond donors (Lipinski definition) is 2. The molecule has 0 spiro atoms. The Morgan fingerprint density at radius 3 is 2.32 bits per heavy atom. The van der Waals surface area contributed by atoms with Gasteiger partial charge in [-0.15, -0.1) is 0 Å². The standard InChI is InChI=1S/C10H7ClO2.Na.H2O4S.H/c1-6-2-3-9-7(4-6)5-8(11)10(12)13-9;;1-5(2,3)4;/h2-5H,1H3;;(H2,1,2,3,4);/q;+1;;-1. The fraction of sp³-hybridized carbons (Fsp3) is 0.100. The molecule has 6 nitrogen and oxygen atoms in total. The SMILES string of the molecule is Cc1ccc2oc(=O)c(Cl)cc2c1.O=S(=O)(O)O.[H-].[Na+]. The molecule has 0 aliphatic rings. The maximum absolute atomic E-state index is 11.0. The molecule has 100 valence electrons. The van der Waals surface area contributed by atoms with Gasteiger partial charge in [-0.25, -0.2) is 4.79 Å². The van der Waals surface area contributed by atoms with Crippen LogP contribution in [0.4, 0.5) is 0 Å². The summed E-state index contributed by atoms with van der Waals surface area (Å²) >= 11 is 5.63. The average molecular weight is 317 g/mol. The number of aryl methyl sites for hydroxylation is 1. The monoisotopic (exact) mass is 316 g/mol. The average Bonchev–Trinajstić information content (AvgIpc) is 2.18. The summed E-state index contributed by atoms with van der Waals surface area (Å²) in [5.41, 5.74) is 1.19. The van der Waals surface area contributed by atoms with E-state index in [2.05, 4.69) is 0 Å². The second-order valence-corrected chi connectivity index (χ2v) is 4.67. The molecule has 19 heavy (non-hydrogen) atoms. The molecule has 9 heteroatoms. The molecular formula is C10H10ClNaO6S. The van der Waals surface area contributed by atoms with Crippen LogP contribution in [0.1, 0.15) is 6.99 Å². The first-order valence-corrected chi connectivity index (χ1v) is 6.34. The van der Waals surface area contributed by atoms with Crippen molar-refractivity contribution in [1.82, 2.24) is 0 Å². The van der Waals surface area contributed by atoms with Gasteiger partial charge in [0.2, 0.25) is 0 Å². The van der Waals surface area contributed by atoms with Crippen molar-refractivity contribution in [1.29, 1.82) is 0 Å². The number of hydrogen-bond acceptors (Lipinski definition) is 4. The summed E-state index contributed by atoms with van der Waals surface area (Å²) in [4.78, 5) is 11.0. The van der Waals surface area contributed by atoms with Crippen molar-refractivity contribution in [2.45, 2.75) is 6.92 Å². The van der Waals surface area contributed by atoms with Crippen LogP contribution < -0.4 is 35.2 Å². The fourth-order valence-electron chi connectivity index (χ4n) is 1.22. The van der Waals surface area contributed by atoms with Crippen LogP contribution in [0.5, 0.6) is 0 Å². The predicted octanol–water partition coefficient (Wildman–Crippen LogP) is -0.781. The van der Waals surface area contributed by atoms with Crippen molar-refractivity contribution in [3.05, 3.63) is 45.3 Å². The molecule has 1 aromatic carbocycles. The van der Waals surface area contributed by atoms with Gasteiger partial charge in [-0.05, 0) is 25.1 Å². The van der Waals surface area contributed by atoms with Crippen molar-refractivity contribution in [2.24, 2.45) is 0 Å². The third-order valence-electron chi connectivity index (χ3n) is 1.85. The quantitative estimate of drug-likeness (QED) is 0.375. The fourth-order valence-corrected chi connectivity index (χ4v) is 1.37. The Morgan fingerprint density at radius 1 is 1.26 bits per heavy atom. The van der Waals surface area contributed by atoms with E-state index in [1.54, 1.807) is 12.1 Å². The summed E-state index contributed by atoms with van der Waals surface area (Å²) in [6.45, 7) is 1.97. The molecule has 2 N–H and O–H groups in total. The molecule has 1 heterocycles. The van der Waals surface area contributed by atoms with Crippen molar-refractivity contribution in [3.63, 3.8) is 0 Å². The molecule has 0 amide bonds. The Labute approximate surface area is 137 Å². The molecule has 0 saturated carbocycles. The molecule has 0 saturated heterocycles. The van der Waals surface area contributed by atoms with E-state index in [0.717, 1.165) is 10.9 Å². The zero-order chi connectivity index (χ0) is 13.9. The number of fused-ring (bicyclic) bond motifs is 1. The van der Waals surface area contributed by atoms with Crippen LogP contribution in [-0.4, -0.2) is 17.5 Å². The molecular weight excluding hydrogens is 307 g/mol. The molecule has 0 unspecified atom stereocenters. The molecule has 2 aromatic rings. The molecule has 0 radical (unpaired) electrons. The topological polar surface area (TPSA) is 105 Å². The number of rotatable bonds is 0. The summed E-state index contributed by atoms with van der Waals surface area (Å²) in [5, 5.41) is 0.975. The second-order valence-electron chi connectivity index (χ2n) is 3.37. The summed E-state index contributed by atoms with van der Waals surface area (Å²) in [5.74, 6) is 0. The van der Waals surface area contributed by atoms with Crippen molar-refractivity contribution in [2.75, 3.05) is 0 Å². The molecule has 2 rings (SSSR count). The van der Waals surface area contributed by atoms with Gasteiger partial charge in [0.25, 0.3) is 0 Å². The largest absolute Gasteiger partial charge is 1.00 e. The van der Waals surface area contributed by atoms with Gasteiger partial charge in [-0.1, -0.05) is 23.2 Å². The van der Waals surface area contributed by atoms with Crippen LogP contribution >= 0.6 is 11.6 Å². The summed E-state index contributed by atoms with van der Waals surface area (Å²) in [6, 6.07) is 7.20. The van der Waals surface area contributed by atoms with Crippen LogP contribution in [0.25, 0.3) is 11.0 Å². The van der Waals surface area contributed by atoms with E-state index in [4.69, 9.17) is 33.5 Å². The molecule has 0 aliphatic heterocycles. The Kier molecular flexibility index (Phi) is 7.23. The van der Waals surface area contributed by atoms with Gasteiger partial charge in [0, 0.05) is 5.39 Å². The first-order valence-electron chi connectivity index (χ1n) is 4.57. The Bertz CT molecular complexity index is 722. The van der Waals surface area contributed by atoms with Gasteiger partial charge >= 0.3 is 45.6 Å². The van der Waals surface area contributed by atoms with E-state index in [9.17, 15) is 4.79 Å². The van der Waals surface area contributed by atoms with Crippen LogP contribution in [-0.2, 0) is 10.4 Å². The van der Waals surface area contributed by atoms with E-state index in [0.29, 0.717) is 5.58 Å². The minimum atomic E-state index is -4.67. The first kappa shape index (κ1) is 18.6. The van der Waals surface area contributed by atoms with Gasteiger partial charge in [-0.2, -0.15) is 8.42 Å². The Morgan fingerprint density at radius 2 is 1.79 bits per heavy atom. The van der Waals surface area contributed by atoms with Crippen LogP contribution in [0.15, 0.2) is 33.5 Å². The number of benzene rings is 1. The normalized spacial score (nSPS) is 10.3. The van der Waals surface area contributed by atoms with Crippen molar-refractivity contribution >= 4 is 33.0 Å². The molecule has 0 fully saturated rings. The second kappa shape index (κ2) is 7.39. The molecule has 1 aromatic heterocycles. The van der Waals surface area contributed by atoms with E-state index >= 15 is 0 Å². The van der Waals surface area contributed by atoms with Gasteiger partial charge < -0.3 is 5.84 Å². The minimum absolute atomic E-state index is 0. The van der Waals surface area contributed by atoms with Gasteiger partial charge in [-0.3, -0.25) is 9.11 Å². The molecule has 0 bridgehead atoms. The van der Waals surface area contributed by atoms with Gasteiger partial charge in [0.1, 0.15) is 10.6 Å². The smallest absolute Gasteiger partial charge is 1.00 e. The van der Waals surface area contributed by atoms with E-state index < -0.39 is 16.0 Å². The molecule has 0 aliphatic carbocycles. The minimum Gasteiger partial charge on any atom is -1.00 e. The van der Waals surface area contributed by atoms with Gasteiger partial charge in [0.15, 0.2) is 0 Å². The van der Waals surface area contributed by atoms with Gasteiger partial charge in [0.05, 0.1) is 0 Å². The predicted molar refractivity (Wildman–Crippen MR) is 67.5 cm³/mol. The van der Waals surface area contributed by atoms with Crippen molar-refractivity contribution < 1.29 is 52.9 Å². The maximum Gasteiger partial charge on any atom is 1.00 e. The maximum atomic E-state index is 11.0. The first-order chi connectivity index (χ1) is 8.16. The Hall–Kier alpha value is -0.410. The van der Waals surface area contributed by atoms with Crippen molar-refractivity contribution in [3.8, 4) is 0 Å². The third-order valence-corrected chi connectivity index (χ3v) is 2.11. The third kappa shape index (κ3) is 7.07. The van der Waals surface area contributed by atoms with E-state index in [1.807, 2.05) is 19.1 Å². The zero-order valence-electron chi connectivity index (χ0n) is 11.1. The van der Waals surface area contributed by atoms with E-state index in [-0.39, 0.29) is 36.0 Å². The Balaban J connectivity index is 0. The summed E-state index contributed by atoms with van der Waals surface area (Å²) in [6.07, 6.45) is 0. The van der Waals surface area contributed by atoms with Crippen LogP contribution in [0.3, 0.4) is 0 Å². The van der Waals surface area contributed by atoms with Crippen LogP contribution in [0.2, 0.25) is 5.02 Å². The van der Waals surface area contributed by atoms with E-state index in [1.165, 1.54) is 0 Å². The zero-order valence-corrected chi connectivity index (χ0v) is 13.7. The van der Waals surface area contributed by atoms with Crippen LogP contribution in [0, 0.1) is 6.92 Å².